The van der Waals surface area contributed by atoms with Crippen molar-refractivity contribution in [1.29, 1.82) is 0 Å². The topological polar surface area (TPSA) is 29.5 Å². The number of hydrogen-bond acceptors (Lipinski definition) is 3. The molecule has 0 aliphatic rings. The van der Waals surface area contributed by atoms with Gasteiger partial charge in [0.05, 0.1) is 11.2 Å². The summed E-state index contributed by atoms with van der Waals surface area (Å²) in [6.45, 7) is 7.33. The molecule has 0 fully saturated rings. The predicted octanol–water partition coefficient (Wildman–Crippen LogP) is 5.02. The SMILES string of the molecule is CC(C)(O)C(C)(C)O[B]c1ccc2sc3ccc4ccccc4c3c2c1. The zero-order valence-corrected chi connectivity index (χ0v) is 16.4. The second kappa shape index (κ2) is 6.09. The molecule has 0 bridgehead atoms. The lowest BCUT2D eigenvalue weighted by molar-refractivity contribution is -0.0893. The lowest BCUT2D eigenvalue weighted by Gasteiger charge is -2.37. The van der Waals surface area contributed by atoms with Crippen molar-refractivity contribution >= 4 is 55.2 Å². The van der Waals surface area contributed by atoms with Crippen molar-refractivity contribution in [2.75, 3.05) is 0 Å². The molecule has 131 valence electrons. The average molecular weight is 361 g/mol. The van der Waals surface area contributed by atoms with Crippen LogP contribution in [0.4, 0.5) is 0 Å². The zero-order valence-electron chi connectivity index (χ0n) is 15.5. The Kier molecular flexibility index (Phi) is 4.10. The van der Waals surface area contributed by atoms with E-state index in [4.69, 9.17) is 4.65 Å². The number of fused-ring (bicyclic) bond motifs is 5. The molecule has 26 heavy (non-hydrogen) atoms. The summed E-state index contributed by atoms with van der Waals surface area (Å²) in [7, 11) is 1.76. The first-order valence-electron chi connectivity index (χ1n) is 8.84. The average Bonchev–Trinajstić information content (AvgIpc) is 2.97. The highest BCUT2D eigenvalue weighted by Gasteiger charge is 2.35. The van der Waals surface area contributed by atoms with Gasteiger partial charge in [-0.25, -0.2) is 0 Å². The maximum atomic E-state index is 10.3. The van der Waals surface area contributed by atoms with Gasteiger partial charge in [-0.1, -0.05) is 47.9 Å². The Morgan fingerprint density at radius 2 is 1.62 bits per heavy atom. The Balaban J connectivity index is 1.79. The molecular formula is C22H22BO2S. The van der Waals surface area contributed by atoms with Gasteiger partial charge >= 0.3 is 7.48 Å². The summed E-state index contributed by atoms with van der Waals surface area (Å²) in [5.74, 6) is 0. The highest BCUT2D eigenvalue weighted by molar-refractivity contribution is 7.26. The van der Waals surface area contributed by atoms with Gasteiger partial charge in [0.1, 0.15) is 0 Å². The van der Waals surface area contributed by atoms with Crippen LogP contribution in [0.15, 0.2) is 54.6 Å². The molecule has 0 atom stereocenters. The molecule has 1 radical (unpaired) electrons. The third-order valence-corrected chi connectivity index (χ3v) is 6.48. The predicted molar refractivity (Wildman–Crippen MR) is 114 cm³/mol. The first kappa shape index (κ1) is 17.5. The van der Waals surface area contributed by atoms with Crippen molar-refractivity contribution in [2.24, 2.45) is 0 Å². The molecular weight excluding hydrogens is 339 g/mol. The second-order valence-corrected chi connectivity index (χ2v) is 8.91. The van der Waals surface area contributed by atoms with E-state index in [-0.39, 0.29) is 0 Å². The van der Waals surface area contributed by atoms with Crippen LogP contribution in [0.1, 0.15) is 27.7 Å². The van der Waals surface area contributed by atoms with Crippen LogP contribution in [0.2, 0.25) is 0 Å². The highest BCUT2D eigenvalue weighted by Crippen LogP contribution is 2.37. The van der Waals surface area contributed by atoms with Crippen LogP contribution in [-0.2, 0) is 4.65 Å². The first-order chi connectivity index (χ1) is 12.3. The zero-order chi connectivity index (χ0) is 18.5. The van der Waals surface area contributed by atoms with Crippen molar-refractivity contribution in [1.82, 2.24) is 0 Å². The van der Waals surface area contributed by atoms with Gasteiger partial charge in [-0.05, 0) is 50.6 Å². The van der Waals surface area contributed by atoms with E-state index in [1.54, 1.807) is 21.3 Å². The van der Waals surface area contributed by atoms with Crippen LogP contribution in [0.25, 0.3) is 30.9 Å². The number of thiophene rings is 1. The standard InChI is InChI=1S/C22H22BO2S/c1-21(2,24)22(3,4)25-23-15-10-12-18-17(13-15)20-16-8-6-5-7-14(16)9-11-19(20)26-18/h5-13,24H,1-4H3. The minimum Gasteiger partial charge on any atom is -0.427 e. The van der Waals surface area contributed by atoms with Crippen molar-refractivity contribution < 1.29 is 9.76 Å². The molecule has 2 nitrogen and oxygen atoms in total. The number of aliphatic hydroxyl groups is 1. The summed E-state index contributed by atoms with van der Waals surface area (Å²) in [6, 6.07) is 19.3. The highest BCUT2D eigenvalue weighted by atomic mass is 32.1. The van der Waals surface area contributed by atoms with Crippen LogP contribution < -0.4 is 5.46 Å². The van der Waals surface area contributed by atoms with Crippen molar-refractivity contribution in [2.45, 2.75) is 38.9 Å². The van der Waals surface area contributed by atoms with Crippen molar-refractivity contribution in [3.05, 3.63) is 54.6 Å². The fraction of sp³-hybridized carbons (Fsp3) is 0.273. The Hall–Kier alpha value is -1.88. The summed E-state index contributed by atoms with van der Waals surface area (Å²) in [5.41, 5.74) is -0.605. The number of hydrogen-bond donors (Lipinski definition) is 1. The molecule has 1 N–H and O–H groups in total. The van der Waals surface area contributed by atoms with Gasteiger partial charge in [0, 0.05) is 20.2 Å². The van der Waals surface area contributed by atoms with E-state index in [1.165, 1.54) is 30.9 Å². The lowest BCUT2D eigenvalue weighted by atomic mass is 9.82. The number of rotatable bonds is 4. The third kappa shape index (κ3) is 2.92. The van der Waals surface area contributed by atoms with Gasteiger partial charge in [0.15, 0.2) is 0 Å². The summed E-state index contributed by atoms with van der Waals surface area (Å²) in [5, 5.41) is 15.4. The fourth-order valence-corrected chi connectivity index (χ4v) is 4.10. The largest absolute Gasteiger partial charge is 0.427 e. The molecule has 3 aromatic carbocycles. The number of benzene rings is 3. The van der Waals surface area contributed by atoms with Gasteiger partial charge in [-0.3, -0.25) is 0 Å². The quantitative estimate of drug-likeness (QED) is 0.517. The molecule has 0 amide bonds. The van der Waals surface area contributed by atoms with Gasteiger partial charge in [0.2, 0.25) is 0 Å². The van der Waals surface area contributed by atoms with Crippen LogP contribution in [-0.4, -0.2) is 23.8 Å². The minimum atomic E-state index is -0.932. The minimum absolute atomic E-state index is 0.675. The maximum Gasteiger partial charge on any atom is 0.330 e. The first-order valence-corrected chi connectivity index (χ1v) is 9.65. The Bertz CT molecular complexity index is 1110. The molecule has 0 aliphatic carbocycles. The maximum absolute atomic E-state index is 10.3. The van der Waals surface area contributed by atoms with E-state index in [0.29, 0.717) is 0 Å². The van der Waals surface area contributed by atoms with Crippen LogP contribution in [0.3, 0.4) is 0 Å². The molecule has 0 aliphatic heterocycles. The molecule has 0 saturated carbocycles. The molecule has 1 heterocycles. The Labute approximate surface area is 158 Å². The third-order valence-electron chi connectivity index (χ3n) is 5.35. The van der Waals surface area contributed by atoms with E-state index >= 15 is 0 Å². The van der Waals surface area contributed by atoms with Crippen molar-refractivity contribution in [3.63, 3.8) is 0 Å². The van der Waals surface area contributed by atoms with Gasteiger partial charge in [-0.15, -0.1) is 11.3 Å². The van der Waals surface area contributed by atoms with Gasteiger partial charge in [-0.2, -0.15) is 0 Å². The van der Waals surface area contributed by atoms with E-state index in [2.05, 4.69) is 54.6 Å². The molecule has 1 aromatic heterocycles. The molecule has 0 spiro atoms. The molecule has 4 rings (SSSR count). The van der Waals surface area contributed by atoms with Crippen LogP contribution in [0.5, 0.6) is 0 Å². The Morgan fingerprint density at radius 3 is 2.38 bits per heavy atom. The summed E-state index contributed by atoms with van der Waals surface area (Å²) < 4.78 is 8.51. The van der Waals surface area contributed by atoms with Crippen molar-refractivity contribution in [3.8, 4) is 0 Å². The molecule has 0 saturated heterocycles. The molecule has 4 aromatic rings. The van der Waals surface area contributed by atoms with E-state index in [9.17, 15) is 5.11 Å². The van der Waals surface area contributed by atoms with Crippen LogP contribution in [0, 0.1) is 0 Å². The summed E-state index contributed by atoms with van der Waals surface area (Å²) in [6.07, 6.45) is 0. The van der Waals surface area contributed by atoms with E-state index in [1.807, 2.05) is 25.2 Å². The van der Waals surface area contributed by atoms with E-state index < -0.39 is 11.2 Å². The summed E-state index contributed by atoms with van der Waals surface area (Å²) in [4.78, 5) is 0. The van der Waals surface area contributed by atoms with E-state index in [0.717, 1.165) is 5.46 Å². The second-order valence-electron chi connectivity index (χ2n) is 7.82. The lowest BCUT2D eigenvalue weighted by Crippen LogP contribution is -2.49. The van der Waals surface area contributed by atoms with Crippen LogP contribution >= 0.6 is 11.3 Å². The molecule has 0 unspecified atom stereocenters. The monoisotopic (exact) mass is 361 g/mol. The summed E-state index contributed by atoms with van der Waals surface area (Å²) >= 11 is 1.82. The normalized spacial score (nSPS) is 13.0. The Morgan fingerprint density at radius 1 is 0.885 bits per heavy atom. The fourth-order valence-electron chi connectivity index (χ4n) is 3.00. The smallest absolute Gasteiger partial charge is 0.330 e. The molecule has 4 heteroatoms. The van der Waals surface area contributed by atoms with Gasteiger partial charge < -0.3 is 9.76 Å². The van der Waals surface area contributed by atoms with Gasteiger partial charge in [0.25, 0.3) is 0 Å².